The molecule has 4 heteroatoms. The lowest BCUT2D eigenvalue weighted by Gasteiger charge is -2.20. The van der Waals surface area contributed by atoms with Crippen LogP contribution in [-0.4, -0.2) is 18.4 Å². The maximum atomic E-state index is 11.8. The summed E-state index contributed by atoms with van der Waals surface area (Å²) in [6, 6.07) is 7.28. The van der Waals surface area contributed by atoms with Crippen LogP contribution >= 0.6 is 11.6 Å². The monoisotopic (exact) mass is 255 g/mol. The Morgan fingerprint density at radius 3 is 2.41 bits per heavy atom. The Bertz CT molecular complexity index is 374. The molecule has 0 saturated carbocycles. The van der Waals surface area contributed by atoms with Crippen LogP contribution in [0.3, 0.4) is 0 Å². The van der Waals surface area contributed by atoms with Crippen molar-refractivity contribution in [3.63, 3.8) is 0 Å². The van der Waals surface area contributed by atoms with Gasteiger partial charge in [-0.1, -0.05) is 0 Å². The molecule has 17 heavy (non-hydrogen) atoms. The number of rotatable bonds is 5. The summed E-state index contributed by atoms with van der Waals surface area (Å²) in [5.41, 5.74) is 0.178. The van der Waals surface area contributed by atoms with E-state index in [0.29, 0.717) is 6.61 Å². The third-order valence-electron chi connectivity index (χ3n) is 2.37. The summed E-state index contributed by atoms with van der Waals surface area (Å²) in [5, 5.41) is 2.82. The highest BCUT2D eigenvalue weighted by atomic mass is 35.5. The first-order valence-electron chi connectivity index (χ1n) is 5.60. The number of ether oxygens (including phenoxy) is 1. The van der Waals surface area contributed by atoms with Crippen molar-refractivity contribution in [2.24, 2.45) is 5.41 Å². The molecule has 0 bridgehead atoms. The van der Waals surface area contributed by atoms with Gasteiger partial charge in [0.25, 0.3) is 0 Å². The Labute approximate surface area is 107 Å². The van der Waals surface area contributed by atoms with E-state index in [4.69, 9.17) is 16.3 Å². The molecule has 1 rings (SSSR count). The average Bonchev–Trinajstić information content (AvgIpc) is 2.32. The average molecular weight is 256 g/mol. The first-order valence-corrected chi connectivity index (χ1v) is 6.13. The fourth-order valence-electron chi connectivity index (χ4n) is 1.16. The minimum Gasteiger partial charge on any atom is -0.494 e. The molecular weight excluding hydrogens is 238 g/mol. The Morgan fingerprint density at radius 2 is 1.94 bits per heavy atom. The molecule has 0 heterocycles. The Hall–Kier alpha value is -1.22. The summed E-state index contributed by atoms with van der Waals surface area (Å²) in [4.78, 5) is 11.8. The fourth-order valence-corrected chi connectivity index (χ4v) is 1.28. The maximum Gasteiger partial charge on any atom is 0.231 e. The predicted molar refractivity (Wildman–Crippen MR) is 70.7 cm³/mol. The summed E-state index contributed by atoms with van der Waals surface area (Å²) < 4.78 is 5.32. The normalized spacial score (nSPS) is 11.1. The minimum absolute atomic E-state index is 0.0864. The van der Waals surface area contributed by atoms with Crippen molar-refractivity contribution in [1.29, 1.82) is 0 Å². The van der Waals surface area contributed by atoms with Crippen molar-refractivity contribution >= 4 is 23.2 Å². The van der Waals surface area contributed by atoms with Crippen LogP contribution in [0.1, 0.15) is 20.8 Å². The molecule has 0 saturated heterocycles. The third kappa shape index (κ3) is 3.93. The molecule has 94 valence electrons. The summed E-state index contributed by atoms with van der Waals surface area (Å²) in [6.07, 6.45) is 0. The van der Waals surface area contributed by atoms with Gasteiger partial charge in [-0.25, -0.2) is 0 Å². The zero-order valence-electron chi connectivity index (χ0n) is 10.4. The Morgan fingerprint density at radius 1 is 1.35 bits per heavy atom. The van der Waals surface area contributed by atoms with Crippen molar-refractivity contribution in [3.8, 4) is 5.75 Å². The summed E-state index contributed by atoms with van der Waals surface area (Å²) in [5.74, 6) is 0.995. The maximum absolute atomic E-state index is 11.8. The quantitative estimate of drug-likeness (QED) is 0.820. The van der Waals surface area contributed by atoms with Gasteiger partial charge in [0.15, 0.2) is 0 Å². The largest absolute Gasteiger partial charge is 0.494 e. The Kier molecular flexibility index (Phi) is 4.82. The smallest absolute Gasteiger partial charge is 0.231 e. The summed E-state index contributed by atoms with van der Waals surface area (Å²) in [7, 11) is 0. The molecule has 3 nitrogen and oxygen atoms in total. The van der Waals surface area contributed by atoms with Crippen molar-refractivity contribution in [3.05, 3.63) is 24.3 Å². The van der Waals surface area contributed by atoms with Gasteiger partial charge in [-0.3, -0.25) is 4.79 Å². The number of halogens is 1. The third-order valence-corrected chi connectivity index (χ3v) is 3.04. The number of hydrogen-bond acceptors (Lipinski definition) is 2. The van der Waals surface area contributed by atoms with Crippen LogP contribution in [-0.2, 0) is 4.79 Å². The molecule has 1 aromatic carbocycles. The van der Waals surface area contributed by atoms with Crippen LogP contribution in [0.15, 0.2) is 24.3 Å². The number of benzene rings is 1. The SMILES string of the molecule is CCOc1ccc(NC(=O)C(C)(C)CCl)cc1. The number of carbonyl (C=O) groups excluding carboxylic acids is 1. The lowest BCUT2D eigenvalue weighted by molar-refractivity contribution is -0.122. The van der Waals surface area contributed by atoms with Crippen molar-refractivity contribution in [2.75, 3.05) is 17.8 Å². The molecule has 0 fully saturated rings. The molecule has 1 N–H and O–H groups in total. The van der Waals surface area contributed by atoms with E-state index in [1.54, 1.807) is 0 Å². The van der Waals surface area contributed by atoms with Crippen LogP contribution < -0.4 is 10.1 Å². The molecule has 0 aromatic heterocycles. The van der Waals surface area contributed by atoms with Gasteiger partial charge in [0.05, 0.1) is 12.0 Å². The van der Waals surface area contributed by atoms with Gasteiger partial charge in [0.2, 0.25) is 5.91 Å². The standard InChI is InChI=1S/C13H18ClNO2/c1-4-17-11-7-5-10(6-8-11)15-12(16)13(2,3)9-14/h5-8H,4,9H2,1-3H3,(H,15,16). The van der Waals surface area contributed by atoms with E-state index in [1.165, 1.54) is 0 Å². The van der Waals surface area contributed by atoms with E-state index in [1.807, 2.05) is 45.0 Å². The fraction of sp³-hybridized carbons (Fsp3) is 0.462. The summed E-state index contributed by atoms with van der Waals surface area (Å²) in [6.45, 7) is 6.18. The zero-order chi connectivity index (χ0) is 12.9. The minimum atomic E-state index is -0.569. The van der Waals surface area contributed by atoms with E-state index in [9.17, 15) is 4.79 Å². The van der Waals surface area contributed by atoms with E-state index in [2.05, 4.69) is 5.32 Å². The van der Waals surface area contributed by atoms with Gasteiger partial charge in [0.1, 0.15) is 5.75 Å². The molecule has 0 spiro atoms. The molecule has 0 radical (unpaired) electrons. The van der Waals surface area contributed by atoms with Gasteiger partial charge in [-0.15, -0.1) is 11.6 Å². The van der Waals surface area contributed by atoms with Gasteiger partial charge in [-0.2, -0.15) is 0 Å². The van der Waals surface area contributed by atoms with Gasteiger partial charge in [0, 0.05) is 11.6 Å². The molecule has 0 unspecified atom stereocenters. The molecule has 0 aliphatic heterocycles. The highest BCUT2D eigenvalue weighted by molar-refractivity contribution is 6.20. The van der Waals surface area contributed by atoms with Crippen molar-refractivity contribution in [1.82, 2.24) is 0 Å². The van der Waals surface area contributed by atoms with Crippen molar-refractivity contribution in [2.45, 2.75) is 20.8 Å². The number of carbonyl (C=O) groups is 1. The van der Waals surface area contributed by atoms with Gasteiger partial charge >= 0.3 is 0 Å². The number of hydrogen-bond donors (Lipinski definition) is 1. The number of nitrogens with one attached hydrogen (secondary N) is 1. The van der Waals surface area contributed by atoms with Crippen LogP contribution in [0.5, 0.6) is 5.75 Å². The first-order chi connectivity index (χ1) is 7.99. The molecule has 0 aliphatic carbocycles. The highest BCUT2D eigenvalue weighted by Gasteiger charge is 2.26. The van der Waals surface area contributed by atoms with Crippen LogP contribution in [0, 0.1) is 5.41 Å². The van der Waals surface area contributed by atoms with E-state index >= 15 is 0 Å². The van der Waals surface area contributed by atoms with E-state index in [-0.39, 0.29) is 11.8 Å². The molecular formula is C13H18ClNO2. The highest BCUT2D eigenvalue weighted by Crippen LogP contribution is 2.21. The van der Waals surface area contributed by atoms with Gasteiger partial charge in [-0.05, 0) is 45.0 Å². The van der Waals surface area contributed by atoms with Crippen LogP contribution in [0.2, 0.25) is 0 Å². The van der Waals surface area contributed by atoms with Gasteiger partial charge < -0.3 is 10.1 Å². The molecule has 1 amide bonds. The summed E-state index contributed by atoms with van der Waals surface area (Å²) >= 11 is 5.74. The lowest BCUT2D eigenvalue weighted by Crippen LogP contribution is -2.32. The van der Waals surface area contributed by atoms with Crippen molar-refractivity contribution < 1.29 is 9.53 Å². The lowest BCUT2D eigenvalue weighted by atomic mass is 9.95. The first kappa shape index (κ1) is 13.8. The van der Waals surface area contributed by atoms with E-state index < -0.39 is 5.41 Å². The second-order valence-electron chi connectivity index (χ2n) is 4.43. The topological polar surface area (TPSA) is 38.3 Å². The Balaban J connectivity index is 2.66. The van der Waals surface area contributed by atoms with Crippen LogP contribution in [0.25, 0.3) is 0 Å². The van der Waals surface area contributed by atoms with E-state index in [0.717, 1.165) is 11.4 Å². The predicted octanol–water partition coefficient (Wildman–Crippen LogP) is 3.29. The molecule has 1 aromatic rings. The number of anilines is 1. The zero-order valence-corrected chi connectivity index (χ0v) is 11.2. The molecule has 0 aliphatic rings. The number of amides is 1. The molecule has 0 atom stereocenters. The van der Waals surface area contributed by atoms with Crippen LogP contribution in [0.4, 0.5) is 5.69 Å². The second kappa shape index (κ2) is 5.92. The second-order valence-corrected chi connectivity index (χ2v) is 4.70. The number of alkyl halides is 1.